The van der Waals surface area contributed by atoms with Gasteiger partial charge in [-0.2, -0.15) is 4.37 Å². The molecule has 0 saturated heterocycles. The molecule has 3 N–H and O–H groups in total. The Hall–Kier alpha value is -1.18. The van der Waals surface area contributed by atoms with Crippen molar-refractivity contribution in [1.29, 1.82) is 0 Å². The summed E-state index contributed by atoms with van der Waals surface area (Å²) in [5, 5.41) is 7.13. The van der Waals surface area contributed by atoms with Gasteiger partial charge in [0, 0.05) is 24.7 Å². The van der Waals surface area contributed by atoms with E-state index >= 15 is 0 Å². The lowest BCUT2D eigenvalue weighted by Gasteiger charge is -2.04. The summed E-state index contributed by atoms with van der Waals surface area (Å²) in [6.45, 7) is 3.34. The van der Waals surface area contributed by atoms with Crippen LogP contribution >= 0.6 is 22.9 Å². The highest BCUT2D eigenvalue weighted by molar-refractivity contribution is 7.15. The summed E-state index contributed by atoms with van der Waals surface area (Å²) in [5.41, 5.74) is 7.79. The van der Waals surface area contributed by atoms with Gasteiger partial charge in [-0.3, -0.25) is 0 Å². The van der Waals surface area contributed by atoms with Crippen molar-refractivity contribution >= 4 is 33.7 Å². The molecule has 0 aromatic carbocycles. The van der Waals surface area contributed by atoms with E-state index in [0.717, 1.165) is 27.8 Å². The smallest absolute Gasteiger partial charge is 0.149 e. The molecule has 7 heteroatoms. The van der Waals surface area contributed by atoms with Gasteiger partial charge in [0.1, 0.15) is 15.8 Å². The third-order valence-corrected chi connectivity index (χ3v) is 3.94. The number of rotatable bonds is 5. The van der Waals surface area contributed by atoms with Crippen molar-refractivity contribution < 1.29 is 4.74 Å². The van der Waals surface area contributed by atoms with Crippen LogP contribution in [-0.2, 0) is 4.74 Å². The second kappa shape index (κ2) is 5.44. The van der Waals surface area contributed by atoms with Gasteiger partial charge >= 0.3 is 0 Å². The van der Waals surface area contributed by atoms with E-state index in [2.05, 4.69) is 14.7 Å². The van der Waals surface area contributed by atoms with Crippen molar-refractivity contribution in [3.05, 3.63) is 11.1 Å². The number of anilines is 2. The summed E-state index contributed by atoms with van der Waals surface area (Å²) < 4.78 is 9.16. The average Bonchev–Trinajstić information content (AvgIpc) is 2.86. The Morgan fingerprint density at radius 3 is 3.00 bits per heavy atom. The van der Waals surface area contributed by atoms with Crippen LogP contribution in [0.1, 0.15) is 5.69 Å². The van der Waals surface area contributed by atoms with Crippen molar-refractivity contribution in [1.82, 2.24) is 9.36 Å². The predicted octanol–water partition coefficient (Wildman–Crippen LogP) is 2.22. The standard InChI is InChI=1S/C10H14N4OS2/c1-6-5-16-10(13-6)7-8(11)14-17-9(7)12-3-4-15-2/h5,12H,3-4H2,1-2H3,(H2,11,14). The minimum absolute atomic E-state index is 0.532. The van der Waals surface area contributed by atoms with Crippen LogP contribution in [0.4, 0.5) is 10.8 Å². The number of aryl methyl sites for hydroxylation is 1. The lowest BCUT2D eigenvalue weighted by atomic mass is 10.3. The fraction of sp³-hybridized carbons (Fsp3) is 0.400. The van der Waals surface area contributed by atoms with Crippen molar-refractivity contribution in [2.45, 2.75) is 6.92 Å². The van der Waals surface area contributed by atoms with Gasteiger partial charge in [0.15, 0.2) is 0 Å². The molecular weight excluding hydrogens is 256 g/mol. The van der Waals surface area contributed by atoms with E-state index in [0.29, 0.717) is 12.4 Å². The largest absolute Gasteiger partial charge is 0.383 e. The van der Waals surface area contributed by atoms with E-state index in [1.165, 1.54) is 11.5 Å². The number of nitrogen functional groups attached to an aromatic ring is 1. The number of methoxy groups -OCH3 is 1. The van der Waals surface area contributed by atoms with Crippen LogP contribution in [0, 0.1) is 6.92 Å². The molecule has 17 heavy (non-hydrogen) atoms. The van der Waals surface area contributed by atoms with E-state index in [1.54, 1.807) is 18.4 Å². The minimum atomic E-state index is 0.532. The topological polar surface area (TPSA) is 73.1 Å². The quantitative estimate of drug-likeness (QED) is 0.815. The number of thiazole rings is 1. The Bertz CT molecular complexity index is 494. The Morgan fingerprint density at radius 1 is 1.53 bits per heavy atom. The van der Waals surface area contributed by atoms with Gasteiger partial charge in [0.2, 0.25) is 0 Å². The first-order chi connectivity index (χ1) is 8.22. The number of ether oxygens (including phenoxy) is 1. The second-order valence-corrected chi connectivity index (χ2v) is 5.12. The van der Waals surface area contributed by atoms with Gasteiger partial charge in [-0.1, -0.05) is 0 Å². The Balaban J connectivity index is 2.23. The number of nitrogens with two attached hydrogens (primary N) is 1. The fourth-order valence-electron chi connectivity index (χ4n) is 1.37. The second-order valence-electron chi connectivity index (χ2n) is 3.49. The first-order valence-corrected chi connectivity index (χ1v) is 6.78. The molecule has 92 valence electrons. The van der Waals surface area contributed by atoms with Crippen LogP contribution in [0.2, 0.25) is 0 Å². The number of hydrogen-bond donors (Lipinski definition) is 2. The first kappa shape index (κ1) is 12.3. The van der Waals surface area contributed by atoms with E-state index in [4.69, 9.17) is 10.5 Å². The van der Waals surface area contributed by atoms with Gasteiger partial charge < -0.3 is 15.8 Å². The molecule has 0 unspecified atom stereocenters. The molecule has 0 saturated carbocycles. The minimum Gasteiger partial charge on any atom is -0.383 e. The fourth-order valence-corrected chi connectivity index (χ4v) is 3.03. The molecule has 2 rings (SSSR count). The zero-order valence-corrected chi connectivity index (χ0v) is 11.3. The first-order valence-electron chi connectivity index (χ1n) is 5.13. The molecule has 2 aromatic heterocycles. The van der Waals surface area contributed by atoms with Crippen LogP contribution in [0.15, 0.2) is 5.38 Å². The molecule has 0 radical (unpaired) electrons. The summed E-state index contributed by atoms with van der Waals surface area (Å²) in [5.74, 6) is 0.532. The van der Waals surface area contributed by atoms with Gasteiger partial charge in [-0.15, -0.1) is 11.3 Å². The van der Waals surface area contributed by atoms with E-state index < -0.39 is 0 Å². The molecule has 0 aliphatic carbocycles. The van der Waals surface area contributed by atoms with Crippen molar-refractivity contribution in [2.75, 3.05) is 31.3 Å². The number of nitrogens with one attached hydrogen (secondary N) is 1. The van der Waals surface area contributed by atoms with Crippen LogP contribution in [-0.4, -0.2) is 29.6 Å². The highest BCUT2D eigenvalue weighted by Gasteiger charge is 2.16. The lowest BCUT2D eigenvalue weighted by Crippen LogP contribution is -2.07. The molecule has 5 nitrogen and oxygen atoms in total. The number of nitrogens with zero attached hydrogens (tertiary/aromatic N) is 2. The molecular formula is C10H14N4OS2. The van der Waals surface area contributed by atoms with E-state index in [1.807, 2.05) is 12.3 Å². The van der Waals surface area contributed by atoms with E-state index in [9.17, 15) is 0 Å². The van der Waals surface area contributed by atoms with Gasteiger partial charge in [0.05, 0.1) is 12.2 Å². The number of hydrogen-bond acceptors (Lipinski definition) is 7. The molecule has 0 amide bonds. The molecule has 0 spiro atoms. The molecule has 0 atom stereocenters. The SMILES string of the molecule is COCCNc1snc(N)c1-c1nc(C)cs1. The van der Waals surface area contributed by atoms with Gasteiger partial charge in [-0.05, 0) is 18.5 Å². The van der Waals surface area contributed by atoms with Crippen molar-refractivity contribution in [2.24, 2.45) is 0 Å². The van der Waals surface area contributed by atoms with Crippen molar-refractivity contribution in [3.8, 4) is 10.6 Å². The predicted molar refractivity (Wildman–Crippen MR) is 72.7 cm³/mol. The Morgan fingerprint density at radius 2 is 2.35 bits per heavy atom. The summed E-state index contributed by atoms with van der Waals surface area (Å²) in [6, 6.07) is 0. The van der Waals surface area contributed by atoms with E-state index in [-0.39, 0.29) is 0 Å². The lowest BCUT2D eigenvalue weighted by molar-refractivity contribution is 0.211. The normalized spacial score (nSPS) is 10.7. The van der Waals surface area contributed by atoms with Crippen molar-refractivity contribution in [3.63, 3.8) is 0 Å². The van der Waals surface area contributed by atoms with Crippen LogP contribution in [0.3, 0.4) is 0 Å². The zero-order chi connectivity index (χ0) is 12.3. The van der Waals surface area contributed by atoms with Crippen LogP contribution < -0.4 is 11.1 Å². The Labute approximate surface area is 108 Å². The summed E-state index contributed by atoms with van der Waals surface area (Å²) in [7, 11) is 1.67. The third kappa shape index (κ3) is 2.74. The molecule has 0 aliphatic rings. The molecule has 2 aromatic rings. The maximum atomic E-state index is 5.88. The van der Waals surface area contributed by atoms with Gasteiger partial charge in [-0.25, -0.2) is 4.98 Å². The number of aromatic nitrogens is 2. The van der Waals surface area contributed by atoms with Gasteiger partial charge in [0.25, 0.3) is 0 Å². The van der Waals surface area contributed by atoms with Crippen LogP contribution in [0.5, 0.6) is 0 Å². The maximum Gasteiger partial charge on any atom is 0.149 e. The summed E-state index contributed by atoms with van der Waals surface area (Å²) in [4.78, 5) is 4.44. The highest BCUT2D eigenvalue weighted by Crippen LogP contribution is 2.38. The molecule has 0 bridgehead atoms. The summed E-state index contributed by atoms with van der Waals surface area (Å²) in [6.07, 6.45) is 0. The van der Waals surface area contributed by atoms with Crippen LogP contribution in [0.25, 0.3) is 10.6 Å². The monoisotopic (exact) mass is 270 g/mol. The molecule has 2 heterocycles. The Kier molecular flexibility index (Phi) is 3.93. The molecule has 0 fully saturated rings. The molecule has 0 aliphatic heterocycles. The zero-order valence-electron chi connectivity index (χ0n) is 9.69. The maximum absolute atomic E-state index is 5.88. The summed E-state index contributed by atoms with van der Waals surface area (Å²) >= 11 is 2.93. The third-order valence-electron chi connectivity index (χ3n) is 2.14. The average molecular weight is 270 g/mol. The highest BCUT2D eigenvalue weighted by atomic mass is 32.1.